The zero-order chi connectivity index (χ0) is 14.8. The molecule has 116 valence electrons. The van der Waals surface area contributed by atoms with Crippen molar-refractivity contribution in [3.63, 3.8) is 0 Å². The number of carbonyl (C=O) groups is 1. The second kappa shape index (κ2) is 5.95. The first-order chi connectivity index (χ1) is 10.1. The summed E-state index contributed by atoms with van der Waals surface area (Å²) in [6.07, 6.45) is 6.52. The average Bonchev–Trinajstić information content (AvgIpc) is 2.94. The number of likely N-dealkylation sites (tertiary alicyclic amines) is 1. The lowest BCUT2D eigenvalue weighted by Gasteiger charge is -2.42. The van der Waals surface area contributed by atoms with Gasteiger partial charge in [-0.1, -0.05) is 19.3 Å². The van der Waals surface area contributed by atoms with Crippen LogP contribution in [0.15, 0.2) is 15.4 Å². The number of hydrogen-bond donors (Lipinski definition) is 2. The molecule has 0 aromatic carbocycles. The van der Waals surface area contributed by atoms with Crippen molar-refractivity contribution in [2.24, 2.45) is 5.92 Å². The third-order valence-corrected chi connectivity index (χ3v) is 5.03. The largest absolute Gasteiger partial charge is 0.465 e. The molecule has 1 amide bonds. The molecule has 0 radical (unpaired) electrons. The second-order valence-corrected chi connectivity index (χ2v) is 6.28. The molecule has 6 heteroatoms. The molecule has 1 saturated carbocycles. The molecular weight excluding hydrogens is 272 g/mol. The minimum Gasteiger partial charge on any atom is -0.465 e. The van der Waals surface area contributed by atoms with Crippen LogP contribution < -0.4 is 5.56 Å². The van der Waals surface area contributed by atoms with Crippen LogP contribution in [0, 0.1) is 5.92 Å². The normalized spacial score (nSPS) is 27.7. The van der Waals surface area contributed by atoms with Gasteiger partial charge in [-0.25, -0.2) is 4.79 Å². The summed E-state index contributed by atoms with van der Waals surface area (Å²) >= 11 is 0. The fourth-order valence-electron chi connectivity index (χ4n) is 3.96. The first kappa shape index (κ1) is 14.2. The highest BCUT2D eigenvalue weighted by atomic mass is 16.5. The van der Waals surface area contributed by atoms with Crippen molar-refractivity contribution in [3.05, 3.63) is 22.2 Å². The topological polar surface area (TPSA) is 86.5 Å². The standard InChI is InChI=1S/C15H22N2O4/c18-14-9-13(21-16-14)11-6-7-17(15(19)20)12(8-11)10-4-2-1-3-5-10/h9-12H,1-8H2,(H,16,18)(H,19,20). The first-order valence-electron chi connectivity index (χ1n) is 7.83. The molecule has 1 aliphatic heterocycles. The number of H-pyrrole nitrogens is 1. The van der Waals surface area contributed by atoms with Crippen molar-refractivity contribution in [1.82, 2.24) is 10.1 Å². The number of piperidine rings is 1. The maximum Gasteiger partial charge on any atom is 0.407 e. The van der Waals surface area contributed by atoms with Crippen LogP contribution in [0.3, 0.4) is 0 Å². The second-order valence-electron chi connectivity index (χ2n) is 6.28. The molecule has 1 saturated heterocycles. The minimum atomic E-state index is -0.820. The van der Waals surface area contributed by atoms with Gasteiger partial charge in [0.05, 0.1) is 0 Å². The predicted octanol–water partition coefficient (Wildman–Crippen LogP) is 2.77. The molecule has 2 unspecified atom stereocenters. The lowest BCUT2D eigenvalue weighted by Crippen LogP contribution is -2.49. The van der Waals surface area contributed by atoms with Gasteiger partial charge in [0.15, 0.2) is 0 Å². The summed E-state index contributed by atoms with van der Waals surface area (Å²) in [7, 11) is 0. The average molecular weight is 294 g/mol. The number of amides is 1. The molecule has 0 bridgehead atoms. The summed E-state index contributed by atoms with van der Waals surface area (Å²) in [5.74, 6) is 1.26. The summed E-state index contributed by atoms with van der Waals surface area (Å²) in [4.78, 5) is 24.3. The zero-order valence-corrected chi connectivity index (χ0v) is 12.1. The van der Waals surface area contributed by atoms with Gasteiger partial charge in [-0.15, -0.1) is 0 Å². The van der Waals surface area contributed by atoms with Gasteiger partial charge in [-0.3, -0.25) is 4.79 Å². The molecule has 2 fully saturated rings. The van der Waals surface area contributed by atoms with Gasteiger partial charge < -0.3 is 14.5 Å². The lowest BCUT2D eigenvalue weighted by molar-refractivity contribution is 0.0616. The first-order valence-corrected chi connectivity index (χ1v) is 7.83. The SMILES string of the molecule is O=C(O)N1CCC(c2cc(=O)[nH]o2)CC1C1CCCCC1. The van der Waals surface area contributed by atoms with Crippen LogP contribution in [-0.4, -0.2) is 33.8 Å². The number of aromatic amines is 1. The number of nitrogens with zero attached hydrogens (tertiary/aromatic N) is 1. The predicted molar refractivity (Wildman–Crippen MR) is 76.4 cm³/mol. The van der Waals surface area contributed by atoms with Crippen LogP contribution in [0.2, 0.25) is 0 Å². The van der Waals surface area contributed by atoms with E-state index in [-0.39, 0.29) is 17.5 Å². The van der Waals surface area contributed by atoms with Crippen LogP contribution in [0.1, 0.15) is 56.6 Å². The summed E-state index contributed by atoms with van der Waals surface area (Å²) in [5.41, 5.74) is -0.222. The number of nitrogens with one attached hydrogen (secondary N) is 1. The molecule has 2 N–H and O–H groups in total. The summed E-state index contributed by atoms with van der Waals surface area (Å²) in [6.45, 7) is 0.524. The zero-order valence-electron chi connectivity index (χ0n) is 12.1. The number of hydrogen-bond acceptors (Lipinski definition) is 3. The molecule has 2 heterocycles. The fraction of sp³-hybridized carbons (Fsp3) is 0.733. The van der Waals surface area contributed by atoms with Crippen molar-refractivity contribution < 1.29 is 14.4 Å². The summed E-state index contributed by atoms with van der Waals surface area (Å²) < 4.78 is 5.23. The highest BCUT2D eigenvalue weighted by Gasteiger charge is 2.38. The Bertz CT molecular complexity index is 544. The van der Waals surface area contributed by atoms with Gasteiger partial charge in [0, 0.05) is 24.6 Å². The molecule has 3 rings (SSSR count). The third-order valence-electron chi connectivity index (χ3n) is 5.03. The van der Waals surface area contributed by atoms with Crippen molar-refractivity contribution in [2.75, 3.05) is 6.54 Å². The van der Waals surface area contributed by atoms with Gasteiger partial charge >= 0.3 is 6.09 Å². The lowest BCUT2D eigenvalue weighted by atomic mass is 9.76. The van der Waals surface area contributed by atoms with Crippen LogP contribution >= 0.6 is 0 Å². The van der Waals surface area contributed by atoms with Crippen LogP contribution in [0.4, 0.5) is 4.79 Å². The Morgan fingerprint density at radius 1 is 1.29 bits per heavy atom. The molecule has 21 heavy (non-hydrogen) atoms. The monoisotopic (exact) mass is 294 g/mol. The van der Waals surface area contributed by atoms with E-state index in [1.807, 2.05) is 0 Å². The van der Waals surface area contributed by atoms with E-state index < -0.39 is 6.09 Å². The summed E-state index contributed by atoms with van der Waals surface area (Å²) in [6, 6.07) is 1.56. The van der Waals surface area contributed by atoms with E-state index in [9.17, 15) is 14.7 Å². The molecule has 0 spiro atoms. The Morgan fingerprint density at radius 2 is 2.05 bits per heavy atom. The molecule has 6 nitrogen and oxygen atoms in total. The van der Waals surface area contributed by atoms with Crippen molar-refractivity contribution in [2.45, 2.75) is 56.9 Å². The Hall–Kier alpha value is -1.72. The van der Waals surface area contributed by atoms with Gasteiger partial charge in [0.1, 0.15) is 5.76 Å². The maximum absolute atomic E-state index is 11.5. The van der Waals surface area contributed by atoms with E-state index >= 15 is 0 Å². The van der Waals surface area contributed by atoms with E-state index in [1.165, 1.54) is 25.3 Å². The van der Waals surface area contributed by atoms with Gasteiger partial charge in [0.25, 0.3) is 5.56 Å². The van der Waals surface area contributed by atoms with Gasteiger partial charge in [0.2, 0.25) is 0 Å². The van der Waals surface area contributed by atoms with Crippen molar-refractivity contribution in [3.8, 4) is 0 Å². The molecule has 2 atom stereocenters. The van der Waals surface area contributed by atoms with Crippen molar-refractivity contribution >= 4 is 6.09 Å². The quantitative estimate of drug-likeness (QED) is 0.878. The van der Waals surface area contributed by atoms with Crippen molar-refractivity contribution in [1.29, 1.82) is 0 Å². The van der Waals surface area contributed by atoms with Crippen LogP contribution in [0.5, 0.6) is 0 Å². The smallest absolute Gasteiger partial charge is 0.407 e. The molecule has 1 aliphatic carbocycles. The number of carboxylic acid groups (broad SMARTS) is 1. The van der Waals surface area contributed by atoms with Crippen LogP contribution in [-0.2, 0) is 0 Å². The number of rotatable bonds is 2. The van der Waals surface area contributed by atoms with Gasteiger partial charge in [-0.05, 0) is 31.6 Å². The van der Waals surface area contributed by atoms with E-state index in [0.717, 1.165) is 25.7 Å². The van der Waals surface area contributed by atoms with E-state index in [2.05, 4.69) is 5.16 Å². The Kier molecular flexibility index (Phi) is 4.03. The van der Waals surface area contributed by atoms with E-state index in [0.29, 0.717) is 18.2 Å². The van der Waals surface area contributed by atoms with Crippen LogP contribution in [0.25, 0.3) is 0 Å². The van der Waals surface area contributed by atoms with Gasteiger partial charge in [-0.2, -0.15) is 5.16 Å². The third kappa shape index (κ3) is 2.99. The molecule has 1 aromatic heterocycles. The highest BCUT2D eigenvalue weighted by molar-refractivity contribution is 5.65. The molecular formula is C15H22N2O4. The highest BCUT2D eigenvalue weighted by Crippen LogP contribution is 2.38. The fourth-order valence-corrected chi connectivity index (χ4v) is 3.96. The Morgan fingerprint density at radius 3 is 2.67 bits per heavy atom. The number of aromatic nitrogens is 1. The Labute approximate surface area is 123 Å². The summed E-state index contributed by atoms with van der Waals surface area (Å²) in [5, 5.41) is 11.8. The Balaban J connectivity index is 1.77. The molecule has 2 aliphatic rings. The van der Waals surface area contributed by atoms with E-state index in [4.69, 9.17) is 4.52 Å². The molecule has 1 aromatic rings. The van der Waals surface area contributed by atoms with E-state index in [1.54, 1.807) is 4.90 Å². The minimum absolute atomic E-state index is 0.0572. The maximum atomic E-state index is 11.5.